The van der Waals surface area contributed by atoms with Gasteiger partial charge in [0.15, 0.2) is 0 Å². The molecule has 0 aromatic rings. The van der Waals surface area contributed by atoms with Crippen LogP contribution >= 0.6 is 0 Å². The molecule has 0 fully saturated rings. The van der Waals surface area contributed by atoms with Gasteiger partial charge in [0, 0.05) is 6.92 Å². The summed E-state index contributed by atoms with van der Waals surface area (Å²) in [4.78, 5) is 0.997. The van der Waals surface area contributed by atoms with Crippen LogP contribution in [0.1, 0.15) is 27.2 Å². The summed E-state index contributed by atoms with van der Waals surface area (Å²) in [5, 5.41) is 0. The Hall–Kier alpha value is 0.0500. The summed E-state index contributed by atoms with van der Waals surface area (Å²) in [5.74, 6) is 0.802. The lowest BCUT2D eigenvalue weighted by molar-refractivity contribution is 0.599. The number of hydrogen-bond acceptors (Lipinski definition) is 1. The van der Waals surface area contributed by atoms with E-state index in [2.05, 4.69) is 0 Å². The largest absolute Gasteiger partial charge is 0.612 e. The molecule has 0 aliphatic heterocycles. The lowest BCUT2D eigenvalue weighted by Gasteiger charge is -2.07. The smallest absolute Gasteiger partial charge is 0.122 e. The first-order valence-corrected chi connectivity index (χ1v) is 4.55. The molecule has 0 aliphatic rings. The Balaban J connectivity index is 3.59. The van der Waals surface area contributed by atoms with Gasteiger partial charge in [-0.05, 0) is 30.6 Å². The third-order valence-electron chi connectivity index (χ3n) is 1.16. The van der Waals surface area contributed by atoms with Crippen molar-refractivity contribution in [2.75, 3.05) is 5.75 Å². The summed E-state index contributed by atoms with van der Waals surface area (Å²) in [6, 6.07) is 0. The van der Waals surface area contributed by atoms with Crippen molar-refractivity contribution in [3.63, 3.8) is 0 Å². The van der Waals surface area contributed by atoms with Crippen LogP contribution in [0.2, 0.25) is 0 Å². The SMILES string of the molecule is CC=C(C)[S+]([O-])CCC. The molecule has 1 nitrogen and oxygen atoms in total. The molecule has 0 amide bonds. The van der Waals surface area contributed by atoms with Crippen molar-refractivity contribution in [2.45, 2.75) is 27.2 Å². The van der Waals surface area contributed by atoms with Crippen molar-refractivity contribution in [1.82, 2.24) is 0 Å². The van der Waals surface area contributed by atoms with Gasteiger partial charge in [0.2, 0.25) is 0 Å². The van der Waals surface area contributed by atoms with Gasteiger partial charge >= 0.3 is 0 Å². The van der Waals surface area contributed by atoms with Crippen LogP contribution in [-0.4, -0.2) is 10.3 Å². The molecule has 0 radical (unpaired) electrons. The molecule has 0 spiro atoms. The maximum Gasteiger partial charge on any atom is 0.122 e. The van der Waals surface area contributed by atoms with Crippen molar-refractivity contribution < 1.29 is 4.55 Å². The van der Waals surface area contributed by atoms with E-state index in [1.54, 1.807) is 0 Å². The van der Waals surface area contributed by atoms with Gasteiger partial charge < -0.3 is 4.55 Å². The highest BCUT2D eigenvalue weighted by molar-refractivity contribution is 7.95. The Labute approximate surface area is 60.3 Å². The third kappa shape index (κ3) is 3.60. The normalized spacial score (nSPS) is 15.8. The zero-order valence-electron chi connectivity index (χ0n) is 6.31. The van der Waals surface area contributed by atoms with E-state index >= 15 is 0 Å². The molecule has 0 rings (SSSR count). The fraction of sp³-hybridized carbons (Fsp3) is 0.714. The van der Waals surface area contributed by atoms with Gasteiger partial charge in [-0.1, -0.05) is 6.92 Å². The lowest BCUT2D eigenvalue weighted by atomic mass is 10.6. The first-order valence-electron chi connectivity index (χ1n) is 3.23. The first-order chi connectivity index (χ1) is 4.22. The first kappa shape index (κ1) is 9.05. The Bertz CT molecular complexity index is 99.1. The molecule has 54 valence electrons. The van der Waals surface area contributed by atoms with Gasteiger partial charge in [-0.3, -0.25) is 0 Å². The second-order valence-corrected chi connectivity index (χ2v) is 3.69. The zero-order valence-corrected chi connectivity index (χ0v) is 7.12. The van der Waals surface area contributed by atoms with Crippen molar-refractivity contribution in [2.24, 2.45) is 0 Å². The van der Waals surface area contributed by atoms with E-state index in [0.29, 0.717) is 0 Å². The minimum absolute atomic E-state index is 0.704. The summed E-state index contributed by atoms with van der Waals surface area (Å²) in [6.07, 6.45) is 2.91. The van der Waals surface area contributed by atoms with E-state index in [9.17, 15) is 4.55 Å². The van der Waals surface area contributed by atoms with Gasteiger partial charge in [0.25, 0.3) is 0 Å². The molecule has 1 atom stereocenters. The number of hydrogen-bond donors (Lipinski definition) is 0. The second kappa shape index (κ2) is 4.89. The molecule has 9 heavy (non-hydrogen) atoms. The summed E-state index contributed by atoms with van der Waals surface area (Å²) in [7, 11) is 0. The fourth-order valence-electron chi connectivity index (χ4n) is 0.478. The minimum atomic E-state index is -0.704. The van der Waals surface area contributed by atoms with E-state index in [4.69, 9.17) is 0 Å². The average molecular weight is 146 g/mol. The summed E-state index contributed by atoms with van der Waals surface area (Å²) in [5.41, 5.74) is 0. The fourth-order valence-corrected chi connectivity index (χ4v) is 1.43. The Morgan fingerprint density at radius 2 is 2.22 bits per heavy atom. The van der Waals surface area contributed by atoms with Gasteiger partial charge in [-0.15, -0.1) is 0 Å². The highest BCUT2D eigenvalue weighted by Crippen LogP contribution is 2.06. The summed E-state index contributed by atoms with van der Waals surface area (Å²) in [6.45, 7) is 5.87. The minimum Gasteiger partial charge on any atom is -0.612 e. The lowest BCUT2D eigenvalue weighted by Crippen LogP contribution is -2.05. The molecular formula is C7H14OS. The number of allylic oxidation sites excluding steroid dienone is 2. The standard InChI is InChI=1S/C7H14OS/c1-4-6-9(8)7(3)5-2/h5H,4,6H2,1-3H3. The molecular weight excluding hydrogens is 132 g/mol. The molecule has 2 heteroatoms. The van der Waals surface area contributed by atoms with E-state index < -0.39 is 11.2 Å². The van der Waals surface area contributed by atoms with Gasteiger partial charge in [0.1, 0.15) is 10.7 Å². The van der Waals surface area contributed by atoms with Crippen molar-refractivity contribution >= 4 is 11.2 Å². The highest BCUT2D eigenvalue weighted by atomic mass is 32.2. The van der Waals surface area contributed by atoms with E-state index in [1.165, 1.54) is 0 Å². The third-order valence-corrected chi connectivity index (χ3v) is 2.89. The average Bonchev–Trinajstić information content (AvgIpc) is 1.87. The van der Waals surface area contributed by atoms with Crippen LogP contribution in [0.3, 0.4) is 0 Å². The molecule has 0 aromatic carbocycles. The molecule has 0 aromatic heterocycles. The molecule has 0 bridgehead atoms. The molecule has 0 saturated heterocycles. The molecule has 0 heterocycles. The van der Waals surface area contributed by atoms with Gasteiger partial charge in [0.05, 0.1) is 0 Å². The Morgan fingerprint density at radius 1 is 1.67 bits per heavy atom. The van der Waals surface area contributed by atoms with Crippen molar-refractivity contribution in [1.29, 1.82) is 0 Å². The topological polar surface area (TPSA) is 23.1 Å². The maximum atomic E-state index is 11.0. The van der Waals surface area contributed by atoms with E-state index in [0.717, 1.165) is 17.1 Å². The second-order valence-electron chi connectivity index (χ2n) is 1.95. The van der Waals surface area contributed by atoms with Gasteiger partial charge in [-0.2, -0.15) is 0 Å². The van der Waals surface area contributed by atoms with Crippen LogP contribution < -0.4 is 0 Å². The monoisotopic (exact) mass is 146 g/mol. The van der Waals surface area contributed by atoms with Crippen LogP contribution in [-0.2, 0) is 11.2 Å². The van der Waals surface area contributed by atoms with Crippen LogP contribution in [0.15, 0.2) is 11.0 Å². The highest BCUT2D eigenvalue weighted by Gasteiger charge is 2.04. The summed E-state index contributed by atoms with van der Waals surface area (Å²) >= 11 is -0.704. The van der Waals surface area contributed by atoms with Crippen LogP contribution in [0.25, 0.3) is 0 Å². The van der Waals surface area contributed by atoms with E-state index in [1.807, 2.05) is 26.8 Å². The molecule has 0 aliphatic carbocycles. The maximum absolute atomic E-state index is 11.0. The zero-order chi connectivity index (χ0) is 7.28. The molecule has 0 saturated carbocycles. The number of rotatable bonds is 3. The predicted octanol–water partition coefficient (Wildman–Crippen LogP) is 2.07. The predicted molar refractivity (Wildman–Crippen MR) is 42.7 cm³/mol. The Kier molecular flexibility index (Phi) is 4.91. The quantitative estimate of drug-likeness (QED) is 0.559. The van der Waals surface area contributed by atoms with Crippen LogP contribution in [0.5, 0.6) is 0 Å². The van der Waals surface area contributed by atoms with E-state index in [-0.39, 0.29) is 0 Å². The molecule has 0 N–H and O–H groups in total. The summed E-state index contributed by atoms with van der Waals surface area (Å²) < 4.78 is 11.0. The van der Waals surface area contributed by atoms with Crippen LogP contribution in [0.4, 0.5) is 0 Å². The van der Waals surface area contributed by atoms with Crippen molar-refractivity contribution in [3.8, 4) is 0 Å². The van der Waals surface area contributed by atoms with Gasteiger partial charge in [-0.25, -0.2) is 0 Å². The van der Waals surface area contributed by atoms with Crippen LogP contribution in [0, 0.1) is 0 Å². The molecule has 1 unspecified atom stereocenters. The van der Waals surface area contributed by atoms with Crippen molar-refractivity contribution in [3.05, 3.63) is 11.0 Å². The Morgan fingerprint density at radius 3 is 2.56 bits per heavy atom.